The standard InChI is InChI=1S/C28H29FN2O5/c1-34-21-10-6-19(7-11-21)28(33)31-16-24(23-14-22(35-2)12-13-26(23)36-3)25(17-31)27(32)30-15-18-4-8-20(29)9-5-18/h4-14,24-25H,15-17H2,1-3H3,(H,30,32)/t24-,25+/m1/s1. The van der Waals surface area contributed by atoms with Crippen LogP contribution in [0.4, 0.5) is 4.39 Å². The Bertz CT molecular complexity index is 1210. The fourth-order valence-corrected chi connectivity index (χ4v) is 4.52. The molecule has 0 aromatic heterocycles. The van der Waals surface area contributed by atoms with Gasteiger partial charge in [0.2, 0.25) is 5.91 Å². The number of rotatable bonds is 8. The van der Waals surface area contributed by atoms with E-state index >= 15 is 0 Å². The van der Waals surface area contributed by atoms with Crippen molar-refractivity contribution in [2.24, 2.45) is 5.92 Å². The van der Waals surface area contributed by atoms with Gasteiger partial charge in [0, 0.05) is 36.7 Å². The number of halogens is 1. The molecule has 1 heterocycles. The lowest BCUT2D eigenvalue weighted by atomic mass is 9.87. The van der Waals surface area contributed by atoms with Crippen LogP contribution in [-0.2, 0) is 11.3 Å². The number of amides is 2. The Morgan fingerprint density at radius 2 is 1.56 bits per heavy atom. The molecule has 2 atom stereocenters. The Morgan fingerprint density at radius 3 is 2.19 bits per heavy atom. The topological polar surface area (TPSA) is 77.1 Å². The predicted octanol–water partition coefficient (Wildman–Crippen LogP) is 4.02. The maximum atomic E-state index is 13.4. The summed E-state index contributed by atoms with van der Waals surface area (Å²) in [5.41, 5.74) is 2.09. The molecule has 0 radical (unpaired) electrons. The van der Waals surface area contributed by atoms with Gasteiger partial charge in [-0.15, -0.1) is 0 Å². The van der Waals surface area contributed by atoms with Gasteiger partial charge in [-0.3, -0.25) is 9.59 Å². The van der Waals surface area contributed by atoms with E-state index in [4.69, 9.17) is 14.2 Å². The zero-order chi connectivity index (χ0) is 25.7. The lowest BCUT2D eigenvalue weighted by molar-refractivity contribution is -0.125. The average Bonchev–Trinajstić information content (AvgIpc) is 3.37. The minimum absolute atomic E-state index is 0.168. The number of nitrogens with one attached hydrogen (secondary N) is 1. The third-order valence-electron chi connectivity index (χ3n) is 6.50. The summed E-state index contributed by atoms with van der Waals surface area (Å²) < 4.78 is 29.4. The molecule has 0 spiro atoms. The second-order valence-corrected chi connectivity index (χ2v) is 8.60. The van der Waals surface area contributed by atoms with Crippen molar-refractivity contribution < 1.29 is 28.2 Å². The van der Waals surface area contributed by atoms with Crippen molar-refractivity contribution in [3.63, 3.8) is 0 Å². The molecule has 0 unspecified atom stereocenters. The van der Waals surface area contributed by atoms with Gasteiger partial charge in [-0.2, -0.15) is 0 Å². The first-order valence-electron chi connectivity index (χ1n) is 11.6. The summed E-state index contributed by atoms with van der Waals surface area (Å²) in [5, 5.41) is 2.95. The lowest BCUT2D eigenvalue weighted by Gasteiger charge is -2.21. The summed E-state index contributed by atoms with van der Waals surface area (Å²) in [6.45, 7) is 0.832. The smallest absolute Gasteiger partial charge is 0.253 e. The second kappa shape index (κ2) is 11.1. The van der Waals surface area contributed by atoms with Crippen molar-refractivity contribution >= 4 is 11.8 Å². The maximum absolute atomic E-state index is 13.4. The molecule has 0 aliphatic carbocycles. The molecular weight excluding hydrogens is 463 g/mol. The molecule has 0 bridgehead atoms. The van der Waals surface area contributed by atoms with Crippen LogP contribution < -0.4 is 19.5 Å². The fraction of sp³-hybridized carbons (Fsp3) is 0.286. The number of hydrogen-bond donors (Lipinski definition) is 1. The summed E-state index contributed by atoms with van der Waals surface area (Å²) in [4.78, 5) is 28.4. The Balaban J connectivity index is 1.61. The molecule has 1 fully saturated rings. The van der Waals surface area contributed by atoms with Gasteiger partial charge < -0.3 is 24.4 Å². The van der Waals surface area contributed by atoms with Crippen LogP contribution in [-0.4, -0.2) is 51.1 Å². The van der Waals surface area contributed by atoms with Crippen molar-refractivity contribution in [3.05, 3.63) is 89.2 Å². The minimum Gasteiger partial charge on any atom is -0.497 e. The van der Waals surface area contributed by atoms with Gasteiger partial charge in [-0.05, 0) is 60.2 Å². The first-order valence-corrected chi connectivity index (χ1v) is 11.6. The molecule has 1 saturated heterocycles. The van der Waals surface area contributed by atoms with Crippen LogP contribution in [0.25, 0.3) is 0 Å². The summed E-state index contributed by atoms with van der Waals surface area (Å²) in [5.74, 6) is 0.382. The Hall–Kier alpha value is -4.07. The molecular formula is C28H29FN2O5. The molecule has 2 amide bonds. The lowest BCUT2D eigenvalue weighted by Crippen LogP contribution is -2.35. The molecule has 0 saturated carbocycles. The molecule has 36 heavy (non-hydrogen) atoms. The Kier molecular flexibility index (Phi) is 7.73. The average molecular weight is 493 g/mol. The van der Waals surface area contributed by atoms with E-state index in [1.165, 1.54) is 12.1 Å². The molecule has 3 aromatic rings. The van der Waals surface area contributed by atoms with Gasteiger partial charge in [0.25, 0.3) is 5.91 Å². The highest BCUT2D eigenvalue weighted by molar-refractivity contribution is 5.95. The van der Waals surface area contributed by atoms with Crippen LogP contribution in [0.15, 0.2) is 66.7 Å². The minimum atomic E-state index is -0.520. The molecule has 1 aliphatic rings. The molecule has 188 valence electrons. The van der Waals surface area contributed by atoms with Crippen LogP contribution in [0, 0.1) is 11.7 Å². The number of hydrogen-bond acceptors (Lipinski definition) is 5. The van der Waals surface area contributed by atoms with E-state index in [9.17, 15) is 14.0 Å². The summed E-state index contributed by atoms with van der Waals surface area (Å²) >= 11 is 0. The third-order valence-corrected chi connectivity index (χ3v) is 6.50. The molecule has 7 nitrogen and oxygen atoms in total. The summed E-state index contributed by atoms with van der Waals surface area (Å²) in [6, 6.07) is 18.3. The number of carbonyl (C=O) groups excluding carboxylic acids is 2. The van der Waals surface area contributed by atoms with Gasteiger partial charge in [-0.25, -0.2) is 4.39 Å². The highest BCUT2D eigenvalue weighted by Crippen LogP contribution is 2.40. The summed E-state index contributed by atoms with van der Waals surface area (Å²) in [7, 11) is 4.72. The number of nitrogens with zero attached hydrogens (tertiary/aromatic N) is 1. The van der Waals surface area contributed by atoms with Crippen LogP contribution >= 0.6 is 0 Å². The number of benzene rings is 3. The largest absolute Gasteiger partial charge is 0.497 e. The number of carbonyl (C=O) groups is 2. The first kappa shape index (κ1) is 25.0. The highest BCUT2D eigenvalue weighted by Gasteiger charge is 2.42. The van der Waals surface area contributed by atoms with Crippen LogP contribution in [0.2, 0.25) is 0 Å². The van der Waals surface area contributed by atoms with E-state index in [1.807, 2.05) is 6.07 Å². The monoisotopic (exact) mass is 492 g/mol. The van der Waals surface area contributed by atoms with Gasteiger partial charge >= 0.3 is 0 Å². The van der Waals surface area contributed by atoms with E-state index in [0.717, 1.165) is 11.1 Å². The van der Waals surface area contributed by atoms with Crippen LogP contribution in [0.3, 0.4) is 0 Å². The van der Waals surface area contributed by atoms with E-state index in [2.05, 4.69) is 5.32 Å². The van der Waals surface area contributed by atoms with E-state index in [-0.39, 0.29) is 36.6 Å². The van der Waals surface area contributed by atoms with Crippen molar-refractivity contribution in [1.82, 2.24) is 10.2 Å². The second-order valence-electron chi connectivity index (χ2n) is 8.60. The highest BCUT2D eigenvalue weighted by atomic mass is 19.1. The van der Waals surface area contributed by atoms with E-state index in [1.54, 1.807) is 74.8 Å². The number of likely N-dealkylation sites (tertiary alicyclic amines) is 1. The third kappa shape index (κ3) is 5.43. The number of ether oxygens (including phenoxy) is 3. The zero-order valence-electron chi connectivity index (χ0n) is 20.5. The molecule has 3 aromatic carbocycles. The van der Waals surface area contributed by atoms with Crippen LogP contribution in [0.5, 0.6) is 17.2 Å². The van der Waals surface area contributed by atoms with Gasteiger partial charge in [0.15, 0.2) is 0 Å². The molecule has 8 heteroatoms. The first-order chi connectivity index (χ1) is 17.4. The zero-order valence-corrected chi connectivity index (χ0v) is 20.5. The molecule has 4 rings (SSSR count). The van der Waals surface area contributed by atoms with Gasteiger partial charge in [0.05, 0.1) is 27.2 Å². The fourth-order valence-electron chi connectivity index (χ4n) is 4.52. The molecule has 1 aliphatic heterocycles. The quantitative estimate of drug-likeness (QED) is 0.514. The Labute approximate surface area is 209 Å². The Morgan fingerprint density at radius 1 is 0.889 bits per heavy atom. The van der Waals surface area contributed by atoms with Crippen molar-refractivity contribution in [1.29, 1.82) is 0 Å². The number of methoxy groups -OCH3 is 3. The van der Waals surface area contributed by atoms with E-state index in [0.29, 0.717) is 29.4 Å². The van der Waals surface area contributed by atoms with Crippen molar-refractivity contribution in [2.75, 3.05) is 34.4 Å². The van der Waals surface area contributed by atoms with Crippen molar-refractivity contribution in [2.45, 2.75) is 12.5 Å². The van der Waals surface area contributed by atoms with Gasteiger partial charge in [-0.1, -0.05) is 12.1 Å². The molecule has 1 N–H and O–H groups in total. The SMILES string of the molecule is COc1ccc(C(=O)N2C[C@H](C(=O)NCc3ccc(F)cc3)[C@@H](c3cc(OC)ccc3OC)C2)cc1. The normalized spacial score (nSPS) is 16.9. The van der Waals surface area contributed by atoms with Crippen molar-refractivity contribution in [3.8, 4) is 17.2 Å². The predicted molar refractivity (Wildman–Crippen MR) is 133 cm³/mol. The van der Waals surface area contributed by atoms with Crippen LogP contribution in [0.1, 0.15) is 27.4 Å². The summed E-state index contributed by atoms with van der Waals surface area (Å²) in [6.07, 6.45) is 0. The van der Waals surface area contributed by atoms with Gasteiger partial charge in [0.1, 0.15) is 23.1 Å². The van der Waals surface area contributed by atoms with E-state index < -0.39 is 5.92 Å². The maximum Gasteiger partial charge on any atom is 0.253 e.